The molecule has 3 nitrogen and oxygen atoms in total. The summed E-state index contributed by atoms with van der Waals surface area (Å²) in [5.41, 5.74) is 4.51. The molecule has 0 amide bonds. The first-order valence-electron chi connectivity index (χ1n) is 7.20. The highest BCUT2D eigenvalue weighted by atomic mass is 32.2. The van der Waals surface area contributed by atoms with E-state index in [1.807, 2.05) is 30.2 Å². The number of rotatable bonds is 5. The summed E-state index contributed by atoms with van der Waals surface area (Å²) >= 11 is 1.75. The van der Waals surface area contributed by atoms with E-state index in [-0.39, 0.29) is 0 Å². The summed E-state index contributed by atoms with van der Waals surface area (Å²) in [4.78, 5) is 5.73. The number of nitrogens with zero attached hydrogens (tertiary/aromatic N) is 2. The lowest BCUT2D eigenvalue weighted by atomic mass is 10.1. The third kappa shape index (κ3) is 3.34. The fraction of sp³-hybridized carbons (Fsp3) is 0.167. The zero-order valence-corrected chi connectivity index (χ0v) is 13.6. The Bertz CT molecular complexity index is 750. The van der Waals surface area contributed by atoms with E-state index in [1.54, 1.807) is 11.8 Å². The van der Waals surface area contributed by atoms with Gasteiger partial charge in [0.25, 0.3) is 0 Å². The Labute approximate surface area is 135 Å². The summed E-state index contributed by atoms with van der Waals surface area (Å²) < 4.78 is 1.97. The van der Waals surface area contributed by atoms with Crippen LogP contribution in [0.2, 0.25) is 0 Å². The number of thioether (sulfide) groups is 1. The molecule has 0 radical (unpaired) electrons. The van der Waals surface area contributed by atoms with E-state index in [2.05, 4.69) is 59.0 Å². The molecule has 0 bridgehead atoms. The largest absolute Gasteiger partial charge is 0.380 e. The monoisotopic (exact) mass is 309 g/mol. The van der Waals surface area contributed by atoms with Crippen molar-refractivity contribution >= 4 is 17.4 Å². The van der Waals surface area contributed by atoms with E-state index in [4.69, 9.17) is 0 Å². The number of benzene rings is 2. The Balaban J connectivity index is 1.89. The summed E-state index contributed by atoms with van der Waals surface area (Å²) in [5, 5.41) is 3.53. The number of hydrogen-bond donors (Lipinski definition) is 1. The van der Waals surface area contributed by atoms with Gasteiger partial charge in [-0.25, -0.2) is 4.98 Å². The molecule has 0 aliphatic carbocycles. The van der Waals surface area contributed by atoms with E-state index in [1.165, 1.54) is 10.5 Å². The molecule has 0 aliphatic heterocycles. The minimum Gasteiger partial charge on any atom is -0.380 e. The fourth-order valence-electron chi connectivity index (χ4n) is 2.36. The van der Waals surface area contributed by atoms with E-state index >= 15 is 0 Å². The SMILES string of the molecule is CSc1ccc(NCc2ccccc2)c(-c2cn(C)cn2)c1. The maximum Gasteiger partial charge on any atom is 0.0951 e. The van der Waals surface area contributed by atoms with Gasteiger partial charge in [-0.05, 0) is 30.0 Å². The molecule has 0 aliphatic rings. The first-order chi connectivity index (χ1) is 10.8. The number of imidazole rings is 1. The van der Waals surface area contributed by atoms with E-state index in [0.29, 0.717) is 0 Å². The van der Waals surface area contributed by atoms with Crippen LogP contribution in [0.15, 0.2) is 66.0 Å². The van der Waals surface area contributed by atoms with Gasteiger partial charge >= 0.3 is 0 Å². The molecule has 112 valence electrons. The molecule has 0 spiro atoms. The summed E-state index contributed by atoms with van der Waals surface area (Å²) in [6.45, 7) is 0.805. The van der Waals surface area contributed by atoms with Gasteiger partial charge in [-0.1, -0.05) is 30.3 Å². The van der Waals surface area contributed by atoms with Crippen molar-refractivity contribution in [3.63, 3.8) is 0 Å². The van der Waals surface area contributed by atoms with Gasteiger partial charge in [0.15, 0.2) is 0 Å². The molecule has 0 saturated heterocycles. The smallest absolute Gasteiger partial charge is 0.0951 e. The molecule has 22 heavy (non-hydrogen) atoms. The van der Waals surface area contributed by atoms with Crippen molar-refractivity contribution < 1.29 is 0 Å². The lowest BCUT2D eigenvalue weighted by Crippen LogP contribution is -2.01. The van der Waals surface area contributed by atoms with Crippen molar-refractivity contribution in [2.24, 2.45) is 7.05 Å². The quantitative estimate of drug-likeness (QED) is 0.708. The standard InChI is InChI=1S/C18H19N3S/c1-21-12-18(20-13-21)16-10-15(22-2)8-9-17(16)19-11-14-6-4-3-5-7-14/h3-10,12-13,19H,11H2,1-2H3. The molecule has 1 N–H and O–H groups in total. The van der Waals surface area contributed by atoms with Crippen LogP contribution in [0.5, 0.6) is 0 Å². The molecule has 1 aromatic heterocycles. The summed E-state index contributed by atoms with van der Waals surface area (Å²) in [6, 6.07) is 16.9. The van der Waals surface area contributed by atoms with Crippen LogP contribution in [0, 0.1) is 0 Å². The van der Waals surface area contributed by atoms with Crippen molar-refractivity contribution in [3.05, 3.63) is 66.6 Å². The first kappa shape index (κ1) is 14.7. The zero-order valence-electron chi connectivity index (χ0n) is 12.8. The maximum absolute atomic E-state index is 4.49. The minimum absolute atomic E-state index is 0.805. The molecule has 0 saturated carbocycles. The molecular weight excluding hydrogens is 290 g/mol. The zero-order chi connectivity index (χ0) is 15.4. The van der Waals surface area contributed by atoms with Crippen LogP contribution < -0.4 is 5.32 Å². The van der Waals surface area contributed by atoms with Crippen LogP contribution in [0.1, 0.15) is 5.56 Å². The average molecular weight is 309 g/mol. The van der Waals surface area contributed by atoms with Gasteiger partial charge in [0.1, 0.15) is 0 Å². The second-order valence-corrected chi connectivity index (χ2v) is 6.05. The molecule has 3 aromatic rings. The molecule has 4 heteroatoms. The van der Waals surface area contributed by atoms with Crippen molar-refractivity contribution in [1.82, 2.24) is 9.55 Å². The van der Waals surface area contributed by atoms with Gasteiger partial charge in [0.2, 0.25) is 0 Å². The highest BCUT2D eigenvalue weighted by molar-refractivity contribution is 7.98. The van der Waals surface area contributed by atoms with Crippen LogP contribution in [0.3, 0.4) is 0 Å². The predicted molar refractivity (Wildman–Crippen MR) is 94.2 cm³/mol. The third-order valence-electron chi connectivity index (χ3n) is 3.53. The molecule has 0 atom stereocenters. The number of anilines is 1. The van der Waals surface area contributed by atoms with E-state index < -0.39 is 0 Å². The highest BCUT2D eigenvalue weighted by Gasteiger charge is 2.09. The van der Waals surface area contributed by atoms with Crippen molar-refractivity contribution in [2.45, 2.75) is 11.4 Å². The molecular formula is C18H19N3S. The first-order valence-corrected chi connectivity index (χ1v) is 8.43. The van der Waals surface area contributed by atoms with Crippen molar-refractivity contribution in [1.29, 1.82) is 0 Å². The van der Waals surface area contributed by atoms with Gasteiger partial charge in [-0.3, -0.25) is 0 Å². The topological polar surface area (TPSA) is 29.9 Å². The van der Waals surface area contributed by atoms with Gasteiger partial charge < -0.3 is 9.88 Å². The second-order valence-electron chi connectivity index (χ2n) is 5.18. The fourth-order valence-corrected chi connectivity index (χ4v) is 2.80. The Hall–Kier alpha value is -2.20. The number of hydrogen-bond acceptors (Lipinski definition) is 3. The highest BCUT2D eigenvalue weighted by Crippen LogP contribution is 2.31. The minimum atomic E-state index is 0.805. The molecule has 2 aromatic carbocycles. The second kappa shape index (κ2) is 6.71. The Morgan fingerprint density at radius 2 is 1.95 bits per heavy atom. The van der Waals surface area contributed by atoms with Gasteiger partial charge in [0, 0.05) is 35.9 Å². The van der Waals surface area contributed by atoms with E-state index in [0.717, 1.165) is 23.5 Å². The summed E-state index contributed by atoms with van der Waals surface area (Å²) in [5.74, 6) is 0. The van der Waals surface area contributed by atoms with Crippen molar-refractivity contribution in [3.8, 4) is 11.3 Å². The molecule has 0 unspecified atom stereocenters. The molecule has 3 rings (SSSR count). The average Bonchev–Trinajstić information content (AvgIpc) is 3.00. The van der Waals surface area contributed by atoms with Gasteiger partial charge in [-0.15, -0.1) is 11.8 Å². The van der Waals surface area contributed by atoms with Crippen LogP contribution in [-0.2, 0) is 13.6 Å². The van der Waals surface area contributed by atoms with Crippen LogP contribution >= 0.6 is 11.8 Å². The van der Waals surface area contributed by atoms with Gasteiger partial charge in [-0.2, -0.15) is 0 Å². The van der Waals surface area contributed by atoms with Crippen LogP contribution in [0.25, 0.3) is 11.3 Å². The summed E-state index contributed by atoms with van der Waals surface area (Å²) in [6.07, 6.45) is 5.98. The number of aromatic nitrogens is 2. The van der Waals surface area contributed by atoms with Crippen molar-refractivity contribution in [2.75, 3.05) is 11.6 Å². The molecule has 1 heterocycles. The lowest BCUT2D eigenvalue weighted by Gasteiger charge is -2.12. The number of nitrogens with one attached hydrogen (secondary N) is 1. The Morgan fingerprint density at radius 3 is 2.64 bits per heavy atom. The normalized spacial score (nSPS) is 10.6. The summed E-state index contributed by atoms with van der Waals surface area (Å²) in [7, 11) is 1.99. The lowest BCUT2D eigenvalue weighted by molar-refractivity contribution is 0.913. The van der Waals surface area contributed by atoms with E-state index in [9.17, 15) is 0 Å². The Kier molecular flexibility index (Phi) is 4.49. The third-order valence-corrected chi connectivity index (χ3v) is 4.26. The maximum atomic E-state index is 4.49. The molecule has 0 fully saturated rings. The number of aryl methyl sites for hydroxylation is 1. The van der Waals surface area contributed by atoms with Crippen LogP contribution in [-0.4, -0.2) is 15.8 Å². The van der Waals surface area contributed by atoms with Gasteiger partial charge in [0.05, 0.1) is 12.0 Å². The predicted octanol–water partition coefficient (Wildman–Crippen LogP) is 4.42. The van der Waals surface area contributed by atoms with Crippen LogP contribution in [0.4, 0.5) is 5.69 Å². The Morgan fingerprint density at radius 1 is 1.14 bits per heavy atom.